The first-order valence-corrected chi connectivity index (χ1v) is 17.4. The molecule has 18 heteroatoms. The van der Waals surface area contributed by atoms with E-state index in [1.807, 2.05) is 11.9 Å². The third kappa shape index (κ3) is 8.48. The molecular formula is C35H41F6N9O3. The topological polar surface area (TPSA) is 136 Å². The van der Waals surface area contributed by atoms with E-state index in [9.17, 15) is 31.1 Å². The number of imidazole rings is 1. The second-order valence-electron chi connectivity index (χ2n) is 14.0. The first-order valence-electron chi connectivity index (χ1n) is 17.4. The lowest BCUT2D eigenvalue weighted by Crippen LogP contribution is -2.52. The number of pyridine rings is 2. The Hall–Kier alpha value is -4.58. The van der Waals surface area contributed by atoms with Crippen molar-refractivity contribution in [2.45, 2.75) is 63.8 Å². The van der Waals surface area contributed by atoms with E-state index in [0.29, 0.717) is 67.3 Å². The van der Waals surface area contributed by atoms with Crippen molar-refractivity contribution < 1.29 is 41.0 Å². The third-order valence-corrected chi connectivity index (χ3v) is 10.0. The number of rotatable bonds is 12. The van der Waals surface area contributed by atoms with Crippen LogP contribution in [0.2, 0.25) is 0 Å². The van der Waals surface area contributed by atoms with Gasteiger partial charge in [0.15, 0.2) is 17.2 Å². The molecule has 0 bridgehead atoms. The number of nitrogens with zero attached hydrogens (tertiary/aromatic N) is 8. The molecule has 12 nitrogen and oxygen atoms in total. The summed E-state index contributed by atoms with van der Waals surface area (Å²) in [6.45, 7) is 5.95. The number of carboxylic acids is 1. The normalized spacial score (nSPS) is 18.2. The van der Waals surface area contributed by atoms with Gasteiger partial charge in [0.2, 0.25) is 0 Å². The highest BCUT2D eigenvalue weighted by atomic mass is 19.4. The minimum absolute atomic E-state index is 0.0335. The van der Waals surface area contributed by atoms with Gasteiger partial charge in [0.05, 0.1) is 35.9 Å². The minimum atomic E-state index is -5.32. The zero-order chi connectivity index (χ0) is 38.1. The fraction of sp³-hybridized carbons (Fsp3) is 0.543. The Labute approximate surface area is 301 Å². The van der Waals surface area contributed by atoms with E-state index in [1.165, 1.54) is 6.07 Å². The monoisotopic (exact) mass is 749 g/mol. The van der Waals surface area contributed by atoms with Crippen LogP contribution in [0.4, 0.5) is 37.8 Å². The number of ether oxygens (including phenoxy) is 1. The van der Waals surface area contributed by atoms with Crippen LogP contribution in [0.3, 0.4) is 0 Å². The van der Waals surface area contributed by atoms with E-state index in [4.69, 9.17) is 9.84 Å². The second-order valence-corrected chi connectivity index (χ2v) is 14.0. The predicted molar refractivity (Wildman–Crippen MR) is 184 cm³/mol. The summed E-state index contributed by atoms with van der Waals surface area (Å²) in [4.78, 5) is 42.0. The SMILES string of the molecule is COCC1(CN(C)c2cc(-c3cnc(C(F)(F)F)c(C(F)(F)F)c3)nc3nc(-c4cnc(N5CCN(CCCC(=O)O)C[C@H]5C)cn4)[nH]c23)CCCC1. The lowest BCUT2D eigenvalue weighted by molar-refractivity contribution is -0.164. The molecule has 5 heterocycles. The Morgan fingerprint density at radius 2 is 1.77 bits per heavy atom. The zero-order valence-corrected chi connectivity index (χ0v) is 29.6. The first-order chi connectivity index (χ1) is 25.1. The number of alkyl halides is 6. The number of fused-ring (bicyclic) bond motifs is 1. The van der Waals surface area contributed by atoms with Gasteiger partial charge < -0.3 is 24.6 Å². The number of carbonyl (C=O) groups is 1. The molecule has 1 atom stereocenters. The van der Waals surface area contributed by atoms with Crippen LogP contribution in [0.15, 0.2) is 30.7 Å². The molecular weight excluding hydrogens is 708 g/mol. The Morgan fingerprint density at radius 3 is 2.40 bits per heavy atom. The summed E-state index contributed by atoms with van der Waals surface area (Å²) in [5.74, 6) is 0.133. The molecule has 2 N–H and O–H groups in total. The van der Waals surface area contributed by atoms with E-state index >= 15 is 0 Å². The van der Waals surface area contributed by atoms with Crippen LogP contribution in [-0.4, -0.2) is 105 Å². The second kappa shape index (κ2) is 15.0. The van der Waals surface area contributed by atoms with E-state index < -0.39 is 29.6 Å². The van der Waals surface area contributed by atoms with Crippen LogP contribution in [-0.2, 0) is 21.9 Å². The van der Waals surface area contributed by atoms with E-state index in [1.54, 1.807) is 19.5 Å². The number of halogens is 6. The number of H-pyrrole nitrogens is 1. The average Bonchev–Trinajstić information content (AvgIpc) is 3.74. The molecule has 6 rings (SSSR count). The summed E-state index contributed by atoms with van der Waals surface area (Å²) in [5.41, 5.74) is -2.90. The molecule has 2 fully saturated rings. The summed E-state index contributed by atoms with van der Waals surface area (Å²) in [6, 6.07) is 2.05. The molecule has 286 valence electrons. The Balaban J connectivity index is 1.34. The zero-order valence-electron chi connectivity index (χ0n) is 29.6. The standard InChI is InChI=1S/C35H41F6N9O3/c1-21-18-49(10-6-7-28(51)52)11-12-50(21)27-17-42-25(16-43-27)31-46-29-26(48(2)19-33(20-53-3)8-4-5-9-33)14-24(45-32(29)47-31)22-13-23(34(36,37)38)30(44-15-22)35(39,40)41/h13-17,21H,4-12,18-20H2,1-3H3,(H,51,52)(H,45,46,47)/t21-/m1/s1. The van der Waals surface area contributed by atoms with Gasteiger partial charge in [-0.2, -0.15) is 26.3 Å². The van der Waals surface area contributed by atoms with Gasteiger partial charge in [-0.1, -0.05) is 12.8 Å². The number of hydrogen-bond acceptors (Lipinski definition) is 10. The highest BCUT2D eigenvalue weighted by molar-refractivity contribution is 5.91. The summed E-state index contributed by atoms with van der Waals surface area (Å²) in [5, 5.41) is 8.95. The van der Waals surface area contributed by atoms with Crippen molar-refractivity contribution in [2.24, 2.45) is 5.41 Å². The largest absolute Gasteiger partial charge is 0.481 e. The smallest absolute Gasteiger partial charge is 0.433 e. The van der Waals surface area contributed by atoms with Crippen molar-refractivity contribution in [3.63, 3.8) is 0 Å². The molecule has 4 aromatic heterocycles. The van der Waals surface area contributed by atoms with E-state index in [-0.39, 0.29) is 34.8 Å². The first kappa shape index (κ1) is 38.2. The lowest BCUT2D eigenvalue weighted by Gasteiger charge is -2.40. The van der Waals surface area contributed by atoms with E-state index in [2.05, 4.69) is 46.6 Å². The number of anilines is 2. The van der Waals surface area contributed by atoms with Crippen LogP contribution in [0.1, 0.15) is 56.7 Å². The van der Waals surface area contributed by atoms with Crippen molar-refractivity contribution in [3.05, 3.63) is 42.0 Å². The van der Waals surface area contributed by atoms with Gasteiger partial charge in [-0.15, -0.1) is 0 Å². The number of carboxylic acid groups (broad SMARTS) is 1. The van der Waals surface area contributed by atoms with Crippen LogP contribution in [0.25, 0.3) is 33.9 Å². The minimum Gasteiger partial charge on any atom is -0.481 e. The molecule has 0 spiro atoms. The van der Waals surface area contributed by atoms with Crippen LogP contribution in [0, 0.1) is 5.41 Å². The van der Waals surface area contributed by atoms with Crippen LogP contribution < -0.4 is 9.80 Å². The molecule has 0 unspecified atom stereocenters. The average molecular weight is 750 g/mol. The van der Waals surface area contributed by atoms with Crippen molar-refractivity contribution in [1.82, 2.24) is 34.8 Å². The Bertz CT molecular complexity index is 1910. The number of aromatic nitrogens is 6. The van der Waals surface area contributed by atoms with Gasteiger partial charge in [0, 0.05) is 70.0 Å². The number of aromatic amines is 1. The highest BCUT2D eigenvalue weighted by Gasteiger charge is 2.45. The fourth-order valence-corrected chi connectivity index (χ4v) is 7.58. The van der Waals surface area contributed by atoms with Gasteiger partial charge in [0.25, 0.3) is 0 Å². The predicted octanol–water partition coefficient (Wildman–Crippen LogP) is 6.53. The molecule has 1 saturated heterocycles. The van der Waals surface area contributed by atoms with Crippen molar-refractivity contribution in [2.75, 3.05) is 63.3 Å². The van der Waals surface area contributed by atoms with Gasteiger partial charge in [-0.25, -0.2) is 19.9 Å². The fourth-order valence-electron chi connectivity index (χ4n) is 7.58. The Kier molecular flexibility index (Phi) is 10.8. The maximum Gasteiger partial charge on any atom is 0.433 e. The quantitative estimate of drug-likeness (QED) is 0.153. The number of piperazine rings is 1. The maximum absolute atomic E-state index is 13.9. The number of hydrogen-bond donors (Lipinski definition) is 2. The molecule has 1 saturated carbocycles. The molecule has 2 aliphatic rings. The third-order valence-electron chi connectivity index (χ3n) is 10.0. The van der Waals surface area contributed by atoms with E-state index in [0.717, 1.165) is 45.0 Å². The molecule has 1 aliphatic heterocycles. The summed E-state index contributed by atoms with van der Waals surface area (Å²) in [6.07, 6.45) is -2.12. The highest BCUT2D eigenvalue weighted by Crippen LogP contribution is 2.43. The van der Waals surface area contributed by atoms with Crippen molar-refractivity contribution in [1.29, 1.82) is 0 Å². The molecule has 53 heavy (non-hydrogen) atoms. The van der Waals surface area contributed by atoms with Gasteiger partial charge in [0.1, 0.15) is 17.0 Å². The lowest BCUT2D eigenvalue weighted by atomic mass is 9.86. The van der Waals surface area contributed by atoms with Gasteiger partial charge in [-0.3, -0.25) is 14.7 Å². The molecule has 0 aromatic carbocycles. The number of aliphatic carboxylic acids is 1. The summed E-state index contributed by atoms with van der Waals surface area (Å²) in [7, 11) is 3.47. The Morgan fingerprint density at radius 1 is 1.02 bits per heavy atom. The number of nitrogens with one attached hydrogen (secondary N) is 1. The molecule has 0 radical (unpaired) electrons. The van der Waals surface area contributed by atoms with Crippen LogP contribution in [0.5, 0.6) is 0 Å². The van der Waals surface area contributed by atoms with Crippen molar-refractivity contribution >= 4 is 28.6 Å². The van der Waals surface area contributed by atoms with Crippen LogP contribution >= 0.6 is 0 Å². The number of methoxy groups -OCH3 is 1. The molecule has 4 aromatic rings. The molecule has 0 amide bonds. The summed E-state index contributed by atoms with van der Waals surface area (Å²) >= 11 is 0. The van der Waals surface area contributed by atoms with Crippen molar-refractivity contribution in [3.8, 4) is 22.8 Å². The summed E-state index contributed by atoms with van der Waals surface area (Å²) < 4.78 is 87.8. The van der Waals surface area contributed by atoms with Gasteiger partial charge in [-0.05, 0) is 44.9 Å². The van der Waals surface area contributed by atoms with Gasteiger partial charge >= 0.3 is 18.3 Å². The molecule has 1 aliphatic carbocycles. The maximum atomic E-state index is 13.9.